The molecule has 1 N–H and O–H groups in total. The maximum absolute atomic E-state index is 13.2. The molecule has 11 heteroatoms. The van der Waals surface area contributed by atoms with Crippen LogP contribution in [0.25, 0.3) is 0 Å². The lowest BCUT2D eigenvalue weighted by Gasteiger charge is -2.14. The quantitative estimate of drug-likeness (QED) is 0.263. The summed E-state index contributed by atoms with van der Waals surface area (Å²) in [4.78, 5) is 26.2. The molecule has 0 unspecified atom stereocenters. The summed E-state index contributed by atoms with van der Waals surface area (Å²) in [6, 6.07) is 4.03. The second-order valence-corrected chi connectivity index (χ2v) is 7.08. The molecule has 170 valence electrons. The summed E-state index contributed by atoms with van der Waals surface area (Å²) in [6.07, 6.45) is -0.637. The molecule has 1 aromatic carbocycles. The second-order valence-electron chi connectivity index (χ2n) is 7.08. The number of unbranched alkanes of at least 4 members (excludes halogenated alkanes) is 3. The number of nitrogens with zero attached hydrogens (tertiary/aromatic N) is 4. The number of nitro benzene ring substituents is 1. The van der Waals surface area contributed by atoms with Gasteiger partial charge in [0.25, 0.3) is 11.2 Å². The van der Waals surface area contributed by atoms with Crippen molar-refractivity contribution in [1.29, 1.82) is 5.26 Å². The van der Waals surface area contributed by atoms with Crippen molar-refractivity contribution in [2.75, 3.05) is 0 Å². The molecule has 2 aromatic rings. The Morgan fingerprint density at radius 3 is 2.56 bits per heavy atom. The number of aliphatic imine (C=N–C) groups is 1. The minimum Gasteiger partial charge on any atom is -0.494 e. The van der Waals surface area contributed by atoms with Crippen molar-refractivity contribution in [2.24, 2.45) is 4.99 Å². The van der Waals surface area contributed by atoms with E-state index in [0.717, 1.165) is 36.1 Å². The minimum atomic E-state index is -4.97. The van der Waals surface area contributed by atoms with Gasteiger partial charge in [0.15, 0.2) is 0 Å². The summed E-state index contributed by atoms with van der Waals surface area (Å²) in [5.41, 5.74) is -3.56. The lowest BCUT2D eigenvalue weighted by Crippen LogP contribution is -2.25. The van der Waals surface area contributed by atoms with Crippen molar-refractivity contribution >= 4 is 17.6 Å². The zero-order valence-electron chi connectivity index (χ0n) is 17.4. The molecule has 1 heterocycles. The van der Waals surface area contributed by atoms with Crippen molar-refractivity contribution in [3.63, 3.8) is 0 Å². The molecule has 0 fully saturated rings. The molecule has 0 atom stereocenters. The van der Waals surface area contributed by atoms with Crippen LogP contribution in [0.4, 0.5) is 24.5 Å². The van der Waals surface area contributed by atoms with E-state index in [1.54, 1.807) is 6.07 Å². The van der Waals surface area contributed by atoms with E-state index < -0.39 is 33.8 Å². The third kappa shape index (κ3) is 5.32. The number of pyridine rings is 1. The molecule has 0 saturated carbocycles. The first kappa shape index (κ1) is 24.6. The number of alkyl halides is 3. The van der Waals surface area contributed by atoms with Crippen molar-refractivity contribution < 1.29 is 23.2 Å². The molecule has 2 rings (SSSR count). The number of aromatic nitrogens is 1. The first-order chi connectivity index (χ1) is 15.0. The van der Waals surface area contributed by atoms with Crippen molar-refractivity contribution in [1.82, 2.24) is 4.57 Å². The molecule has 32 heavy (non-hydrogen) atoms. The zero-order valence-corrected chi connectivity index (χ0v) is 17.4. The van der Waals surface area contributed by atoms with Gasteiger partial charge in [-0.15, -0.1) is 0 Å². The van der Waals surface area contributed by atoms with E-state index in [2.05, 4.69) is 4.99 Å². The molecule has 1 aromatic heterocycles. The van der Waals surface area contributed by atoms with E-state index in [-0.39, 0.29) is 28.9 Å². The normalized spacial score (nSPS) is 11.6. The Hall–Kier alpha value is -3.68. The Balaban J connectivity index is 2.54. The molecule has 0 saturated heterocycles. The Bertz CT molecular complexity index is 1150. The van der Waals surface area contributed by atoms with E-state index in [1.165, 1.54) is 6.92 Å². The maximum atomic E-state index is 13.2. The standard InChI is InChI=1S/C21H21F3N4O4/c1-3-4-5-6-9-27-19(29)15(11-25)13(2)16(20(27)30)12-26-14-7-8-18(28(31)32)17(10-14)21(22,23)24/h7-8,10,12,30H,3-6,9H2,1-2H3. The summed E-state index contributed by atoms with van der Waals surface area (Å²) in [5.74, 6) is -0.454. The number of nitro groups is 1. The van der Waals surface area contributed by atoms with Gasteiger partial charge in [-0.05, 0) is 31.0 Å². The second kappa shape index (κ2) is 10.1. The minimum absolute atomic E-state index is 0.00329. The number of hydrogen-bond donors (Lipinski definition) is 1. The molecule has 8 nitrogen and oxygen atoms in total. The highest BCUT2D eigenvalue weighted by atomic mass is 19.4. The average Bonchev–Trinajstić information content (AvgIpc) is 2.72. The smallest absolute Gasteiger partial charge is 0.423 e. The number of rotatable bonds is 8. The Morgan fingerprint density at radius 1 is 1.31 bits per heavy atom. The van der Waals surface area contributed by atoms with Crippen LogP contribution in [0.15, 0.2) is 28.0 Å². The maximum Gasteiger partial charge on any atom is 0.423 e. The highest BCUT2D eigenvalue weighted by Gasteiger charge is 2.38. The summed E-state index contributed by atoms with van der Waals surface area (Å²) >= 11 is 0. The average molecular weight is 450 g/mol. The fraction of sp³-hybridized carbons (Fsp3) is 0.381. The molecular weight excluding hydrogens is 429 g/mol. The highest BCUT2D eigenvalue weighted by Crippen LogP contribution is 2.38. The number of aromatic hydroxyl groups is 1. The van der Waals surface area contributed by atoms with Gasteiger partial charge < -0.3 is 5.11 Å². The Labute approximate surface area is 181 Å². The topological polar surface area (TPSA) is 122 Å². The summed E-state index contributed by atoms with van der Waals surface area (Å²) < 4.78 is 40.6. The predicted molar refractivity (Wildman–Crippen MR) is 111 cm³/mol. The van der Waals surface area contributed by atoms with E-state index in [1.807, 2.05) is 6.92 Å². The number of halogens is 3. The molecule has 0 bridgehead atoms. The Morgan fingerprint density at radius 2 is 2.00 bits per heavy atom. The fourth-order valence-electron chi connectivity index (χ4n) is 3.16. The molecule has 0 aliphatic carbocycles. The van der Waals surface area contributed by atoms with Crippen molar-refractivity contribution in [3.05, 3.63) is 60.9 Å². The summed E-state index contributed by atoms with van der Waals surface area (Å²) in [5, 5.41) is 30.8. The van der Waals surface area contributed by atoms with Crippen LogP contribution >= 0.6 is 0 Å². The monoisotopic (exact) mass is 450 g/mol. The summed E-state index contributed by atoms with van der Waals surface area (Å²) in [6.45, 7) is 3.59. The van der Waals surface area contributed by atoms with Crippen LogP contribution in [0.5, 0.6) is 5.88 Å². The van der Waals surface area contributed by atoms with Gasteiger partial charge in [0.2, 0.25) is 5.88 Å². The van der Waals surface area contributed by atoms with Crippen LogP contribution in [0.1, 0.15) is 54.9 Å². The zero-order chi connectivity index (χ0) is 24.1. The van der Waals surface area contributed by atoms with Gasteiger partial charge in [0, 0.05) is 18.8 Å². The number of hydrogen-bond acceptors (Lipinski definition) is 6. The van der Waals surface area contributed by atoms with Crippen LogP contribution in [0.2, 0.25) is 0 Å². The SMILES string of the molecule is CCCCCCn1c(O)c(C=Nc2ccc([N+](=O)[O-])c(C(F)(F)F)c2)c(C)c(C#N)c1=O. The van der Waals surface area contributed by atoms with Crippen LogP contribution in [-0.4, -0.2) is 20.8 Å². The van der Waals surface area contributed by atoms with Gasteiger partial charge in [-0.1, -0.05) is 26.2 Å². The Kier molecular flexibility index (Phi) is 7.75. The van der Waals surface area contributed by atoms with Crippen molar-refractivity contribution in [3.8, 4) is 11.9 Å². The van der Waals surface area contributed by atoms with Gasteiger partial charge in [-0.3, -0.25) is 24.5 Å². The van der Waals surface area contributed by atoms with E-state index in [9.17, 15) is 38.4 Å². The van der Waals surface area contributed by atoms with Gasteiger partial charge in [0.1, 0.15) is 17.2 Å². The number of benzene rings is 1. The van der Waals surface area contributed by atoms with Crippen LogP contribution in [0.3, 0.4) is 0 Å². The first-order valence-corrected chi connectivity index (χ1v) is 9.79. The van der Waals surface area contributed by atoms with Crippen LogP contribution in [-0.2, 0) is 12.7 Å². The van der Waals surface area contributed by atoms with E-state index in [4.69, 9.17) is 0 Å². The third-order valence-corrected chi connectivity index (χ3v) is 4.91. The molecular formula is C21H21F3N4O4. The van der Waals surface area contributed by atoms with Gasteiger partial charge >= 0.3 is 6.18 Å². The van der Waals surface area contributed by atoms with E-state index in [0.29, 0.717) is 18.6 Å². The predicted octanol–water partition coefficient (Wildman–Crippen LogP) is 4.99. The lowest BCUT2D eigenvalue weighted by atomic mass is 10.1. The molecule has 0 aliphatic heterocycles. The molecule has 0 spiro atoms. The van der Waals surface area contributed by atoms with Crippen molar-refractivity contribution in [2.45, 2.75) is 52.3 Å². The van der Waals surface area contributed by atoms with E-state index >= 15 is 0 Å². The molecule has 0 radical (unpaired) electrons. The third-order valence-electron chi connectivity index (χ3n) is 4.91. The van der Waals surface area contributed by atoms with Gasteiger partial charge in [-0.2, -0.15) is 18.4 Å². The molecule has 0 aliphatic rings. The summed E-state index contributed by atoms with van der Waals surface area (Å²) in [7, 11) is 0. The van der Waals surface area contributed by atoms with Gasteiger partial charge in [0.05, 0.1) is 16.2 Å². The number of nitriles is 1. The van der Waals surface area contributed by atoms with Crippen LogP contribution < -0.4 is 5.56 Å². The van der Waals surface area contributed by atoms with Crippen LogP contribution in [0, 0.1) is 28.4 Å². The largest absolute Gasteiger partial charge is 0.494 e. The molecule has 0 amide bonds. The highest BCUT2D eigenvalue weighted by molar-refractivity contribution is 5.87. The fourth-order valence-corrected chi connectivity index (χ4v) is 3.16. The first-order valence-electron chi connectivity index (χ1n) is 9.79. The van der Waals surface area contributed by atoms with Gasteiger partial charge in [-0.25, -0.2) is 0 Å². The lowest BCUT2D eigenvalue weighted by molar-refractivity contribution is -0.388.